The van der Waals surface area contributed by atoms with Gasteiger partial charge in [-0.1, -0.05) is 140 Å². The summed E-state index contributed by atoms with van der Waals surface area (Å²) in [6.45, 7) is 1.41. The maximum absolute atomic E-state index is 15.2. The Hall–Kier alpha value is -6.22. The van der Waals surface area contributed by atoms with Gasteiger partial charge in [0.25, 0.3) is 0 Å². The molecule has 0 saturated heterocycles. The molecule has 3 N–H and O–H groups in total. The van der Waals surface area contributed by atoms with E-state index < -0.39 is 47.9 Å². The summed E-state index contributed by atoms with van der Waals surface area (Å²) in [5.41, 5.74) is 10.3. The second kappa shape index (κ2) is 15.1. The van der Waals surface area contributed by atoms with Gasteiger partial charge in [-0.2, -0.15) is 0 Å². The topological polar surface area (TPSA) is 128 Å². The van der Waals surface area contributed by atoms with Crippen LogP contribution in [0.15, 0.2) is 140 Å². The van der Waals surface area contributed by atoms with Crippen LogP contribution in [0.4, 0.5) is 4.79 Å². The molecule has 0 fully saturated rings. The van der Waals surface area contributed by atoms with Crippen molar-refractivity contribution in [2.75, 3.05) is 13.7 Å². The lowest BCUT2D eigenvalue weighted by molar-refractivity contribution is -0.145. The number of benzene rings is 5. The van der Waals surface area contributed by atoms with Crippen LogP contribution in [0.5, 0.6) is 0 Å². The lowest BCUT2D eigenvalue weighted by Gasteiger charge is -2.47. The average Bonchev–Trinajstić information content (AvgIpc) is 3.49. The predicted molar refractivity (Wildman–Crippen MR) is 193 cm³/mol. The van der Waals surface area contributed by atoms with Gasteiger partial charge in [-0.3, -0.25) is 14.5 Å². The number of fused-ring (bicyclic) bond motifs is 3. The zero-order chi connectivity index (χ0) is 36.0. The standard InChI is InChI=1S/C42H39N3O6/c1-28(40(48)50-2)44-39(47)37(26-38(43)46)45(41(49)51-27-36-34-24-14-12-22-32(34)33-23-13-15-25-35(33)36)42(29-16-6-3-7-17-29,30-18-8-4-9-19-30)31-20-10-5-11-21-31/h3-25,28,36-37H,26-27H2,1-2H3,(H2,43,46)(H,44,47)/t28-,37-/m0/s1. The number of primary amides is 1. The van der Waals surface area contributed by atoms with Crippen molar-refractivity contribution in [2.45, 2.75) is 36.9 Å². The van der Waals surface area contributed by atoms with Crippen molar-refractivity contribution in [1.82, 2.24) is 10.2 Å². The van der Waals surface area contributed by atoms with Gasteiger partial charge in [-0.05, 0) is 45.9 Å². The highest BCUT2D eigenvalue weighted by Crippen LogP contribution is 2.47. The maximum Gasteiger partial charge on any atom is 0.411 e. The fourth-order valence-electron chi connectivity index (χ4n) is 7.15. The summed E-state index contributed by atoms with van der Waals surface area (Å²) in [6, 6.07) is 41.1. The minimum absolute atomic E-state index is 0.0543. The van der Waals surface area contributed by atoms with E-state index in [9.17, 15) is 14.4 Å². The van der Waals surface area contributed by atoms with E-state index in [-0.39, 0.29) is 12.5 Å². The van der Waals surface area contributed by atoms with Crippen molar-refractivity contribution >= 4 is 23.9 Å². The number of hydrogen-bond donors (Lipinski definition) is 2. The van der Waals surface area contributed by atoms with E-state index in [2.05, 4.69) is 5.32 Å². The molecule has 5 aromatic carbocycles. The second-order valence-electron chi connectivity index (χ2n) is 12.4. The molecule has 0 saturated carbocycles. The third kappa shape index (κ3) is 6.70. The molecule has 1 aliphatic carbocycles. The minimum Gasteiger partial charge on any atom is -0.467 e. The summed E-state index contributed by atoms with van der Waals surface area (Å²) in [6.07, 6.45) is -1.43. The summed E-state index contributed by atoms with van der Waals surface area (Å²) >= 11 is 0. The molecular weight excluding hydrogens is 642 g/mol. The Balaban J connectivity index is 1.56. The zero-order valence-corrected chi connectivity index (χ0v) is 28.4. The molecule has 5 aromatic rings. The monoisotopic (exact) mass is 681 g/mol. The van der Waals surface area contributed by atoms with Crippen LogP contribution in [-0.2, 0) is 29.4 Å². The fourth-order valence-corrected chi connectivity index (χ4v) is 7.15. The van der Waals surface area contributed by atoms with Crippen LogP contribution >= 0.6 is 0 Å². The minimum atomic E-state index is -1.54. The Bertz CT molecular complexity index is 1880. The van der Waals surface area contributed by atoms with E-state index >= 15 is 4.79 Å². The Morgan fingerprint density at radius 1 is 0.706 bits per heavy atom. The predicted octanol–water partition coefficient (Wildman–Crippen LogP) is 6.15. The van der Waals surface area contributed by atoms with Gasteiger partial charge in [-0.25, -0.2) is 9.59 Å². The van der Waals surface area contributed by atoms with Crippen molar-refractivity contribution in [2.24, 2.45) is 5.73 Å². The van der Waals surface area contributed by atoms with Gasteiger partial charge in [-0.15, -0.1) is 0 Å². The smallest absolute Gasteiger partial charge is 0.411 e. The second-order valence-corrected chi connectivity index (χ2v) is 12.4. The molecule has 0 unspecified atom stereocenters. The molecule has 0 heterocycles. The first-order valence-electron chi connectivity index (χ1n) is 16.7. The van der Waals surface area contributed by atoms with Crippen LogP contribution in [0.3, 0.4) is 0 Å². The molecule has 9 nitrogen and oxygen atoms in total. The number of nitrogens with two attached hydrogens (primary N) is 1. The highest BCUT2D eigenvalue weighted by atomic mass is 16.6. The summed E-state index contributed by atoms with van der Waals surface area (Å²) in [4.78, 5) is 56.2. The van der Waals surface area contributed by atoms with E-state index in [1.54, 1.807) is 0 Å². The van der Waals surface area contributed by atoms with Crippen LogP contribution in [0.25, 0.3) is 11.1 Å². The van der Waals surface area contributed by atoms with E-state index in [1.165, 1.54) is 18.9 Å². The van der Waals surface area contributed by atoms with Gasteiger partial charge in [0.1, 0.15) is 24.2 Å². The van der Waals surface area contributed by atoms with Gasteiger partial charge in [0, 0.05) is 5.92 Å². The molecule has 0 bridgehead atoms. The lowest BCUT2D eigenvalue weighted by Crippen LogP contribution is -2.62. The van der Waals surface area contributed by atoms with Gasteiger partial charge in [0.2, 0.25) is 11.8 Å². The van der Waals surface area contributed by atoms with Gasteiger partial charge >= 0.3 is 12.1 Å². The normalized spacial score (nSPS) is 13.2. The Labute approximate surface area is 297 Å². The van der Waals surface area contributed by atoms with E-state index in [4.69, 9.17) is 15.2 Å². The molecule has 2 atom stereocenters. The molecule has 1 aliphatic rings. The number of carbonyl (C=O) groups excluding carboxylic acids is 4. The number of hydrogen-bond acceptors (Lipinski definition) is 6. The number of amides is 3. The van der Waals surface area contributed by atoms with Gasteiger partial charge in [0.15, 0.2) is 0 Å². The van der Waals surface area contributed by atoms with E-state index in [0.29, 0.717) is 16.7 Å². The molecule has 51 heavy (non-hydrogen) atoms. The Kier molecular flexibility index (Phi) is 10.3. The summed E-state index contributed by atoms with van der Waals surface area (Å²) < 4.78 is 11.2. The lowest BCUT2D eigenvalue weighted by atomic mass is 9.74. The highest BCUT2D eigenvalue weighted by Gasteiger charge is 2.51. The largest absolute Gasteiger partial charge is 0.467 e. The fraction of sp³-hybridized carbons (Fsp3) is 0.190. The third-order valence-electron chi connectivity index (χ3n) is 9.39. The molecule has 0 radical (unpaired) electrons. The van der Waals surface area contributed by atoms with Crippen molar-refractivity contribution in [1.29, 1.82) is 0 Å². The maximum atomic E-state index is 15.2. The zero-order valence-electron chi connectivity index (χ0n) is 28.4. The molecule has 0 spiro atoms. The molecule has 6 rings (SSSR count). The molecule has 3 amide bonds. The quantitative estimate of drug-likeness (QED) is 0.120. The SMILES string of the molecule is COC(=O)[C@H](C)NC(=O)[C@H](CC(N)=O)N(C(=O)OCC1c2ccccc2-c2ccccc21)C(c1ccccc1)(c1ccccc1)c1ccccc1. The molecule has 9 heteroatoms. The number of carbonyl (C=O) groups is 4. The summed E-state index contributed by atoms with van der Waals surface area (Å²) in [5.74, 6) is -2.60. The van der Waals surface area contributed by atoms with Gasteiger partial charge < -0.3 is 20.5 Å². The summed E-state index contributed by atoms with van der Waals surface area (Å²) in [7, 11) is 1.21. The van der Waals surface area contributed by atoms with Gasteiger partial charge in [0.05, 0.1) is 13.5 Å². The van der Waals surface area contributed by atoms with Crippen molar-refractivity contribution < 1.29 is 28.7 Å². The van der Waals surface area contributed by atoms with Crippen molar-refractivity contribution in [3.05, 3.63) is 167 Å². The highest BCUT2D eigenvalue weighted by molar-refractivity contribution is 5.93. The first kappa shape index (κ1) is 34.6. The van der Waals surface area contributed by atoms with E-state index in [1.807, 2.05) is 140 Å². The number of ether oxygens (including phenoxy) is 2. The van der Waals surface area contributed by atoms with Crippen molar-refractivity contribution in [3.8, 4) is 11.1 Å². The third-order valence-corrected chi connectivity index (χ3v) is 9.39. The molecule has 258 valence electrons. The van der Waals surface area contributed by atoms with Crippen LogP contribution in [-0.4, -0.2) is 54.6 Å². The van der Waals surface area contributed by atoms with Crippen LogP contribution in [0.2, 0.25) is 0 Å². The molecule has 0 aromatic heterocycles. The number of rotatable bonds is 12. The number of methoxy groups -OCH3 is 1. The van der Waals surface area contributed by atoms with Crippen molar-refractivity contribution in [3.63, 3.8) is 0 Å². The van der Waals surface area contributed by atoms with E-state index in [0.717, 1.165) is 22.3 Å². The molecular formula is C42H39N3O6. The van der Waals surface area contributed by atoms with Crippen LogP contribution in [0, 0.1) is 0 Å². The summed E-state index contributed by atoms with van der Waals surface area (Å²) in [5, 5.41) is 2.65. The number of nitrogens with one attached hydrogen (secondary N) is 1. The number of esters is 1. The van der Waals surface area contributed by atoms with Crippen LogP contribution < -0.4 is 11.1 Å². The first-order valence-corrected chi connectivity index (χ1v) is 16.7. The first-order chi connectivity index (χ1) is 24.8. The molecule has 0 aliphatic heterocycles. The van der Waals surface area contributed by atoms with Crippen LogP contribution in [0.1, 0.15) is 47.1 Å². The number of nitrogens with zero attached hydrogens (tertiary/aromatic N) is 1. The Morgan fingerprint density at radius 2 is 1.14 bits per heavy atom. The Morgan fingerprint density at radius 3 is 1.57 bits per heavy atom. The average molecular weight is 682 g/mol.